The van der Waals surface area contributed by atoms with E-state index in [1.807, 2.05) is 0 Å². The van der Waals surface area contributed by atoms with Crippen molar-refractivity contribution in [2.45, 2.75) is 0 Å². The van der Waals surface area contributed by atoms with Crippen LogP contribution >= 0.6 is 46.9 Å². The van der Waals surface area contributed by atoms with Gasteiger partial charge in [0, 0.05) is 0 Å². The molecule has 168 valence electrons. The van der Waals surface area contributed by atoms with Crippen LogP contribution in [0.4, 0.5) is 0 Å². The van der Waals surface area contributed by atoms with Crippen molar-refractivity contribution in [3.05, 3.63) is 0 Å². The molecular formula is CH11N3O18P6. The molecule has 11 N–H and O–H groups in total. The number of guanidine groups is 1. The molecule has 0 saturated carbocycles. The third-order valence-electron chi connectivity index (χ3n) is 1.24. The summed E-state index contributed by atoms with van der Waals surface area (Å²) in [6.07, 6.45) is 0. The van der Waals surface area contributed by atoms with Crippen molar-refractivity contribution >= 4 is 52.9 Å². The lowest BCUT2D eigenvalue weighted by molar-refractivity contribution is 0.168. The van der Waals surface area contributed by atoms with Gasteiger partial charge in [-0.3, -0.25) is 5.41 Å². The highest BCUT2D eigenvalue weighted by Crippen LogP contribution is 2.79. The van der Waals surface area contributed by atoms with Gasteiger partial charge in [0.25, 0.3) is 0 Å². The number of phosphoric acid groups is 6. The first-order chi connectivity index (χ1) is 12.0. The van der Waals surface area contributed by atoms with E-state index in [4.69, 9.17) is 34.8 Å². The van der Waals surface area contributed by atoms with Gasteiger partial charge in [-0.1, -0.05) is 0 Å². The molecule has 1 aliphatic heterocycles. The zero-order valence-corrected chi connectivity index (χ0v) is 17.8. The van der Waals surface area contributed by atoms with Gasteiger partial charge in [-0.2, -0.15) is 25.9 Å². The molecule has 0 aromatic rings. The first-order valence-corrected chi connectivity index (χ1v) is 14.3. The maximum atomic E-state index is 11.2. The van der Waals surface area contributed by atoms with Crippen molar-refractivity contribution in [3.8, 4) is 0 Å². The summed E-state index contributed by atoms with van der Waals surface area (Å²) >= 11 is 0. The third kappa shape index (κ3) is 12.7. The lowest BCUT2D eigenvalue weighted by Gasteiger charge is -2.23. The van der Waals surface area contributed by atoms with E-state index in [2.05, 4.69) is 37.3 Å². The number of hydrogen-bond acceptors (Lipinski definition) is 13. The van der Waals surface area contributed by atoms with E-state index in [0.717, 1.165) is 0 Å². The second-order valence-electron chi connectivity index (χ2n) is 3.76. The molecule has 0 amide bonds. The van der Waals surface area contributed by atoms with Gasteiger partial charge < -0.3 is 40.8 Å². The number of hydrogen-bond donors (Lipinski definition) is 9. The Labute approximate surface area is 153 Å². The Morgan fingerprint density at radius 3 is 0.643 bits per heavy atom. The largest absolute Gasteiger partial charge is 0.490 e. The van der Waals surface area contributed by atoms with E-state index in [1.165, 1.54) is 0 Å². The molecule has 0 aliphatic carbocycles. The van der Waals surface area contributed by atoms with Crippen molar-refractivity contribution in [1.29, 1.82) is 5.41 Å². The fourth-order valence-electron chi connectivity index (χ4n) is 0.872. The van der Waals surface area contributed by atoms with Crippen molar-refractivity contribution in [2.24, 2.45) is 11.5 Å². The third-order valence-corrected chi connectivity index (χ3v) is 11.1. The van der Waals surface area contributed by atoms with Crippen LogP contribution < -0.4 is 11.5 Å². The zero-order chi connectivity index (χ0) is 22.8. The highest BCUT2D eigenvalue weighted by atomic mass is 31.3. The number of nitrogens with one attached hydrogen (secondary N) is 1. The quantitative estimate of drug-likeness (QED) is 0.107. The highest BCUT2D eigenvalue weighted by Gasteiger charge is 2.53. The molecule has 0 atom stereocenters. The van der Waals surface area contributed by atoms with E-state index in [-0.39, 0.29) is 5.96 Å². The van der Waals surface area contributed by atoms with Crippen LogP contribution in [0.1, 0.15) is 0 Å². The predicted molar refractivity (Wildman–Crippen MR) is 81.6 cm³/mol. The zero-order valence-electron chi connectivity index (χ0n) is 12.4. The molecule has 1 rings (SSSR count). The molecule has 28 heavy (non-hydrogen) atoms. The summed E-state index contributed by atoms with van der Waals surface area (Å²) in [6.45, 7) is 0. The normalized spacial score (nSPS) is 48.2. The second kappa shape index (κ2) is 9.12. The molecule has 0 spiro atoms. The van der Waals surface area contributed by atoms with Crippen LogP contribution in [0.15, 0.2) is 0 Å². The molecule has 0 radical (unpaired) electrons. The maximum Gasteiger partial charge on any atom is 0.490 e. The molecule has 1 aliphatic rings. The molecule has 1 saturated heterocycles. The molecule has 21 nitrogen and oxygen atoms in total. The van der Waals surface area contributed by atoms with Gasteiger partial charge >= 0.3 is 46.9 Å². The van der Waals surface area contributed by atoms with E-state index in [0.29, 0.717) is 0 Å². The van der Waals surface area contributed by atoms with Crippen LogP contribution in [0.5, 0.6) is 0 Å². The van der Waals surface area contributed by atoms with Crippen LogP contribution in [-0.2, 0) is 53.3 Å². The Balaban J connectivity index is 0.00000165. The average Bonchev–Trinajstić information content (AvgIpc) is 2.12. The number of nitrogens with two attached hydrogens (primary N) is 2. The van der Waals surface area contributed by atoms with Gasteiger partial charge in [-0.05, 0) is 0 Å². The fourth-order valence-corrected chi connectivity index (χ4v) is 9.46. The van der Waals surface area contributed by atoms with E-state index in [9.17, 15) is 27.4 Å². The summed E-state index contributed by atoms with van der Waals surface area (Å²) in [7, 11) is -36.7. The van der Waals surface area contributed by atoms with Gasteiger partial charge in [0.15, 0.2) is 5.96 Å². The van der Waals surface area contributed by atoms with Gasteiger partial charge in [-0.15, -0.1) is 0 Å². The first-order valence-electron chi connectivity index (χ1n) is 5.31. The summed E-state index contributed by atoms with van der Waals surface area (Å²) in [4.78, 5) is 53.6. The predicted octanol–water partition coefficient (Wildman–Crippen LogP) is -0.459. The van der Waals surface area contributed by atoms with Crippen LogP contribution in [0.25, 0.3) is 0 Å². The first kappa shape index (κ1) is 28.2. The lowest BCUT2D eigenvalue weighted by atomic mass is 11.1. The van der Waals surface area contributed by atoms with Crippen LogP contribution in [0, 0.1) is 5.41 Å². The molecule has 0 bridgehead atoms. The highest BCUT2D eigenvalue weighted by molar-refractivity contribution is 7.75. The van der Waals surface area contributed by atoms with E-state index >= 15 is 0 Å². The van der Waals surface area contributed by atoms with Crippen molar-refractivity contribution in [1.82, 2.24) is 0 Å². The smallest absolute Gasteiger partial charge is 0.370 e. The van der Waals surface area contributed by atoms with E-state index < -0.39 is 46.9 Å². The molecule has 0 aromatic carbocycles. The van der Waals surface area contributed by atoms with Gasteiger partial charge in [-0.25, -0.2) is 27.4 Å². The Kier molecular flexibility index (Phi) is 9.18. The lowest BCUT2D eigenvalue weighted by Crippen LogP contribution is -2.20. The Bertz CT molecular complexity index is 677. The molecular weight excluding hydrogens is 528 g/mol. The summed E-state index contributed by atoms with van der Waals surface area (Å²) in [5.41, 5.74) is 8.94. The molecule has 27 heteroatoms. The molecule has 1 heterocycles. The maximum absolute atomic E-state index is 11.2. The van der Waals surface area contributed by atoms with Gasteiger partial charge in [0.2, 0.25) is 0 Å². The summed E-state index contributed by atoms with van der Waals surface area (Å²) in [5, 5.41) is 6.06. The van der Waals surface area contributed by atoms with Crippen molar-refractivity contribution in [2.75, 3.05) is 0 Å². The van der Waals surface area contributed by atoms with Crippen molar-refractivity contribution < 1.29 is 82.6 Å². The standard InChI is InChI=1S/CH5N3.H6O18P6/c2-1(3)4;1-19(2)13-20(3,4)15-22(7,8)17-24(11,12)18-23(9,10)16-21(5,6)14-19/h(H5,2,3,4);(H,1,2)(H,3,4)(H,5,6)(H,7,8)(H,9,10)(H,11,12). The second-order valence-corrected chi connectivity index (χ2v) is 13.3. The van der Waals surface area contributed by atoms with Gasteiger partial charge in [0.05, 0.1) is 0 Å². The number of rotatable bonds is 0. The molecule has 0 unspecified atom stereocenters. The summed E-state index contributed by atoms with van der Waals surface area (Å²) in [6, 6.07) is 0. The Morgan fingerprint density at radius 2 is 0.571 bits per heavy atom. The Hall–Kier alpha value is 0.170. The minimum atomic E-state index is -6.11. The van der Waals surface area contributed by atoms with Crippen molar-refractivity contribution in [3.63, 3.8) is 0 Å². The SMILES string of the molecule is N=C(N)N.O=P1(O)OP(=O)(O)OP(=O)(O)OP(=O)(O)OP(=O)(O)OP(=O)(O)O1. The van der Waals surface area contributed by atoms with E-state index in [1.54, 1.807) is 0 Å². The minimum absolute atomic E-state index is 0.333. The minimum Gasteiger partial charge on any atom is -0.370 e. The molecule has 0 aromatic heterocycles. The fraction of sp³-hybridized carbons (Fsp3) is 0. The monoisotopic (exact) mass is 539 g/mol. The average molecular weight is 539 g/mol. The van der Waals surface area contributed by atoms with Crippen LogP contribution in [0.3, 0.4) is 0 Å². The van der Waals surface area contributed by atoms with Gasteiger partial charge in [0.1, 0.15) is 0 Å². The summed E-state index contributed by atoms with van der Waals surface area (Å²) < 4.78 is 86.9. The topological polar surface area (TPSA) is 355 Å². The van der Waals surface area contributed by atoms with Crippen LogP contribution in [-0.4, -0.2) is 35.3 Å². The molecule has 1 fully saturated rings. The summed E-state index contributed by atoms with van der Waals surface area (Å²) in [5.74, 6) is -0.333. The van der Waals surface area contributed by atoms with Crippen LogP contribution in [0.2, 0.25) is 0 Å². The Morgan fingerprint density at radius 1 is 0.500 bits per heavy atom.